The number of rotatable bonds is 2. The summed E-state index contributed by atoms with van der Waals surface area (Å²) in [7, 11) is 0. The molecular weight excluding hydrogens is 180 g/mol. The Balaban J connectivity index is 2.17. The predicted octanol–water partition coefficient (Wildman–Crippen LogP) is 1.80. The van der Waals surface area contributed by atoms with Gasteiger partial charge in [-0.05, 0) is 26.3 Å². The average molecular weight is 194 g/mol. The summed E-state index contributed by atoms with van der Waals surface area (Å²) >= 11 is 0. The van der Waals surface area contributed by atoms with E-state index in [2.05, 4.69) is 6.08 Å². The van der Waals surface area contributed by atoms with Crippen LogP contribution in [0, 0.1) is 5.92 Å². The first-order chi connectivity index (χ1) is 6.74. The Morgan fingerprint density at radius 1 is 1.71 bits per heavy atom. The molecule has 0 saturated heterocycles. The molecule has 0 radical (unpaired) electrons. The number of fused-ring (bicyclic) bond motifs is 1. The molecule has 1 aliphatic heterocycles. The maximum atomic E-state index is 11.6. The third kappa shape index (κ3) is 1.33. The van der Waals surface area contributed by atoms with E-state index >= 15 is 0 Å². The molecular formula is C11H14O3. The number of ether oxygens (including phenoxy) is 2. The van der Waals surface area contributed by atoms with Gasteiger partial charge in [-0.25, -0.2) is 4.79 Å². The molecule has 3 nitrogen and oxygen atoms in total. The van der Waals surface area contributed by atoms with Crippen LogP contribution in [0.1, 0.15) is 20.3 Å². The summed E-state index contributed by atoms with van der Waals surface area (Å²) in [5.74, 6) is 0.693. The SMILES string of the molecule is CCOC(=O)C1=C(C)O[C@H]2C=CC[C@@H]12. The molecule has 0 saturated carbocycles. The zero-order valence-electron chi connectivity index (χ0n) is 8.45. The highest BCUT2D eigenvalue weighted by molar-refractivity contribution is 5.90. The maximum absolute atomic E-state index is 11.6. The summed E-state index contributed by atoms with van der Waals surface area (Å²) in [5, 5.41) is 0. The van der Waals surface area contributed by atoms with Crippen molar-refractivity contribution >= 4 is 5.97 Å². The van der Waals surface area contributed by atoms with E-state index in [0.29, 0.717) is 6.61 Å². The molecule has 0 spiro atoms. The Bertz CT molecular complexity index is 314. The minimum absolute atomic E-state index is 0.0643. The van der Waals surface area contributed by atoms with Crippen LogP contribution in [-0.4, -0.2) is 18.7 Å². The van der Waals surface area contributed by atoms with Crippen LogP contribution in [0.3, 0.4) is 0 Å². The summed E-state index contributed by atoms with van der Waals surface area (Å²) < 4.78 is 10.6. The fourth-order valence-electron chi connectivity index (χ4n) is 2.06. The van der Waals surface area contributed by atoms with Crippen molar-refractivity contribution in [1.29, 1.82) is 0 Å². The normalized spacial score (nSPS) is 29.0. The number of allylic oxidation sites excluding steroid dienone is 2. The average Bonchev–Trinajstić information content (AvgIpc) is 2.63. The molecule has 0 bridgehead atoms. The molecule has 0 fully saturated rings. The van der Waals surface area contributed by atoms with Crippen molar-refractivity contribution in [2.45, 2.75) is 26.4 Å². The van der Waals surface area contributed by atoms with Crippen LogP contribution in [0.15, 0.2) is 23.5 Å². The molecule has 14 heavy (non-hydrogen) atoms. The van der Waals surface area contributed by atoms with E-state index in [1.54, 1.807) is 0 Å². The second-order valence-corrected chi connectivity index (χ2v) is 3.54. The summed E-state index contributed by atoms with van der Waals surface area (Å²) in [6.07, 6.45) is 5.02. The van der Waals surface area contributed by atoms with E-state index < -0.39 is 0 Å². The number of hydrogen-bond donors (Lipinski definition) is 0. The van der Waals surface area contributed by atoms with E-state index in [9.17, 15) is 4.79 Å². The van der Waals surface area contributed by atoms with Crippen LogP contribution in [0.25, 0.3) is 0 Å². The van der Waals surface area contributed by atoms with Crippen LogP contribution in [-0.2, 0) is 14.3 Å². The van der Waals surface area contributed by atoms with Crippen molar-refractivity contribution in [1.82, 2.24) is 0 Å². The van der Waals surface area contributed by atoms with Gasteiger partial charge in [0.1, 0.15) is 11.9 Å². The molecule has 0 aromatic carbocycles. The van der Waals surface area contributed by atoms with Gasteiger partial charge in [-0.1, -0.05) is 6.08 Å². The van der Waals surface area contributed by atoms with E-state index in [1.807, 2.05) is 19.9 Å². The van der Waals surface area contributed by atoms with Crippen LogP contribution in [0.4, 0.5) is 0 Å². The number of carbonyl (C=O) groups is 1. The topological polar surface area (TPSA) is 35.5 Å². The second-order valence-electron chi connectivity index (χ2n) is 3.54. The fourth-order valence-corrected chi connectivity index (χ4v) is 2.06. The van der Waals surface area contributed by atoms with E-state index in [1.165, 1.54) is 0 Å². The highest BCUT2D eigenvalue weighted by Crippen LogP contribution is 2.38. The molecule has 3 heteroatoms. The lowest BCUT2D eigenvalue weighted by Gasteiger charge is -2.10. The molecule has 2 rings (SSSR count). The fraction of sp³-hybridized carbons (Fsp3) is 0.545. The lowest BCUT2D eigenvalue weighted by atomic mass is 9.96. The largest absolute Gasteiger partial charge is 0.490 e. The van der Waals surface area contributed by atoms with E-state index in [-0.39, 0.29) is 18.0 Å². The monoisotopic (exact) mass is 194 g/mol. The van der Waals surface area contributed by atoms with Crippen molar-refractivity contribution < 1.29 is 14.3 Å². The molecule has 0 aromatic rings. The first-order valence-electron chi connectivity index (χ1n) is 4.95. The Kier molecular flexibility index (Phi) is 2.32. The predicted molar refractivity (Wildman–Crippen MR) is 51.5 cm³/mol. The Morgan fingerprint density at radius 2 is 2.50 bits per heavy atom. The van der Waals surface area contributed by atoms with E-state index in [0.717, 1.165) is 17.8 Å². The maximum Gasteiger partial charge on any atom is 0.337 e. The van der Waals surface area contributed by atoms with Gasteiger partial charge in [0.25, 0.3) is 0 Å². The standard InChI is InChI=1S/C11H14O3/c1-3-13-11(12)10-7(2)14-9-6-4-5-8(9)10/h4,6,8-9H,3,5H2,1-2H3/t8-,9+/m1/s1. The molecule has 0 N–H and O–H groups in total. The molecule has 2 atom stereocenters. The number of carbonyl (C=O) groups excluding carboxylic acids is 1. The summed E-state index contributed by atoms with van der Waals surface area (Å²) in [5.41, 5.74) is 0.724. The molecule has 0 amide bonds. The van der Waals surface area contributed by atoms with Gasteiger partial charge in [0.05, 0.1) is 12.2 Å². The molecule has 1 aliphatic carbocycles. The van der Waals surface area contributed by atoms with Crippen molar-refractivity contribution in [3.63, 3.8) is 0 Å². The van der Waals surface area contributed by atoms with Gasteiger partial charge < -0.3 is 9.47 Å². The minimum atomic E-state index is -0.221. The Hall–Kier alpha value is -1.25. The lowest BCUT2D eigenvalue weighted by molar-refractivity contribution is -0.139. The minimum Gasteiger partial charge on any atom is -0.490 e. The first kappa shape index (κ1) is 9.31. The van der Waals surface area contributed by atoms with Gasteiger partial charge in [0.15, 0.2) is 0 Å². The van der Waals surface area contributed by atoms with E-state index in [4.69, 9.17) is 9.47 Å². The third-order valence-electron chi connectivity index (χ3n) is 2.67. The van der Waals surface area contributed by atoms with Gasteiger partial charge in [0.2, 0.25) is 0 Å². The van der Waals surface area contributed by atoms with Crippen molar-refractivity contribution in [2.75, 3.05) is 6.61 Å². The van der Waals surface area contributed by atoms with Crippen LogP contribution >= 0.6 is 0 Å². The van der Waals surface area contributed by atoms with Crippen LogP contribution < -0.4 is 0 Å². The Labute approximate surface area is 83.4 Å². The zero-order valence-corrected chi connectivity index (χ0v) is 8.45. The second kappa shape index (κ2) is 3.48. The molecule has 2 aliphatic rings. The van der Waals surface area contributed by atoms with Crippen molar-refractivity contribution in [3.8, 4) is 0 Å². The van der Waals surface area contributed by atoms with Crippen molar-refractivity contribution in [3.05, 3.63) is 23.5 Å². The Morgan fingerprint density at radius 3 is 3.21 bits per heavy atom. The molecule has 0 aromatic heterocycles. The zero-order chi connectivity index (χ0) is 10.1. The summed E-state index contributed by atoms with van der Waals surface area (Å²) in [4.78, 5) is 11.6. The number of hydrogen-bond acceptors (Lipinski definition) is 3. The molecule has 1 heterocycles. The molecule has 76 valence electrons. The summed E-state index contributed by atoms with van der Waals surface area (Å²) in [6, 6.07) is 0. The smallest absolute Gasteiger partial charge is 0.337 e. The van der Waals surface area contributed by atoms with Crippen LogP contribution in [0.2, 0.25) is 0 Å². The number of esters is 1. The first-order valence-corrected chi connectivity index (χ1v) is 4.95. The van der Waals surface area contributed by atoms with Gasteiger partial charge in [0, 0.05) is 5.92 Å². The quantitative estimate of drug-likeness (QED) is 0.496. The highest BCUT2D eigenvalue weighted by atomic mass is 16.5. The highest BCUT2D eigenvalue weighted by Gasteiger charge is 2.39. The van der Waals surface area contributed by atoms with Crippen LogP contribution in [0.5, 0.6) is 0 Å². The van der Waals surface area contributed by atoms with Gasteiger partial charge in [-0.3, -0.25) is 0 Å². The van der Waals surface area contributed by atoms with Gasteiger partial charge in [-0.15, -0.1) is 0 Å². The third-order valence-corrected chi connectivity index (χ3v) is 2.67. The summed E-state index contributed by atoms with van der Waals surface area (Å²) in [6.45, 7) is 4.06. The van der Waals surface area contributed by atoms with Gasteiger partial charge >= 0.3 is 5.97 Å². The van der Waals surface area contributed by atoms with Crippen molar-refractivity contribution in [2.24, 2.45) is 5.92 Å². The lowest BCUT2D eigenvalue weighted by Crippen LogP contribution is -2.17. The molecule has 0 unspecified atom stereocenters. The van der Waals surface area contributed by atoms with Gasteiger partial charge in [-0.2, -0.15) is 0 Å².